The summed E-state index contributed by atoms with van der Waals surface area (Å²) in [6, 6.07) is 13.1. The monoisotopic (exact) mass is 422 g/mol. The number of carbonyl (C=O) groups excluding carboxylic acids is 2. The lowest BCUT2D eigenvalue weighted by Crippen LogP contribution is -2.39. The number of nitrogens with zero attached hydrogens (tertiary/aromatic N) is 1. The van der Waals surface area contributed by atoms with E-state index < -0.39 is 0 Å². The summed E-state index contributed by atoms with van der Waals surface area (Å²) in [4.78, 5) is 28.0. The van der Waals surface area contributed by atoms with Crippen LogP contribution in [0.5, 0.6) is 11.5 Å². The van der Waals surface area contributed by atoms with Gasteiger partial charge in [-0.05, 0) is 42.2 Å². The molecular formula is C25H30N2O4. The van der Waals surface area contributed by atoms with Crippen LogP contribution in [0.2, 0.25) is 0 Å². The molecule has 2 amide bonds. The average molecular weight is 423 g/mol. The predicted molar refractivity (Wildman–Crippen MR) is 118 cm³/mol. The van der Waals surface area contributed by atoms with Crippen LogP contribution in [0.15, 0.2) is 42.5 Å². The number of amides is 2. The number of rotatable bonds is 7. The number of hydrogen-bond acceptors (Lipinski definition) is 4. The van der Waals surface area contributed by atoms with Crippen molar-refractivity contribution in [3.63, 3.8) is 0 Å². The Balaban J connectivity index is 1.61. The molecule has 6 heteroatoms. The molecule has 2 aromatic carbocycles. The van der Waals surface area contributed by atoms with Gasteiger partial charge in [0.05, 0.1) is 26.7 Å². The zero-order valence-electron chi connectivity index (χ0n) is 18.2. The molecule has 1 aliphatic carbocycles. The molecule has 0 spiro atoms. The van der Waals surface area contributed by atoms with Crippen molar-refractivity contribution in [2.75, 3.05) is 14.2 Å². The maximum atomic E-state index is 13.2. The molecule has 1 aliphatic heterocycles. The van der Waals surface area contributed by atoms with Crippen molar-refractivity contribution >= 4 is 11.8 Å². The fourth-order valence-corrected chi connectivity index (χ4v) is 4.71. The van der Waals surface area contributed by atoms with E-state index in [1.807, 2.05) is 42.5 Å². The number of fused-ring (bicyclic) bond motifs is 1. The molecule has 0 unspecified atom stereocenters. The van der Waals surface area contributed by atoms with Crippen LogP contribution in [0.1, 0.15) is 66.1 Å². The zero-order valence-corrected chi connectivity index (χ0v) is 18.2. The summed E-state index contributed by atoms with van der Waals surface area (Å²) in [5.74, 6) is 1.14. The summed E-state index contributed by atoms with van der Waals surface area (Å²) < 4.78 is 10.8. The molecule has 164 valence electrons. The van der Waals surface area contributed by atoms with Crippen LogP contribution >= 0.6 is 0 Å². The van der Waals surface area contributed by atoms with E-state index in [1.54, 1.807) is 19.1 Å². The van der Waals surface area contributed by atoms with Crippen molar-refractivity contribution in [3.05, 3.63) is 59.2 Å². The van der Waals surface area contributed by atoms with E-state index in [-0.39, 0.29) is 30.3 Å². The van der Waals surface area contributed by atoms with E-state index in [0.717, 1.165) is 36.8 Å². The molecule has 0 saturated heterocycles. The first-order chi connectivity index (χ1) is 15.1. The van der Waals surface area contributed by atoms with Crippen molar-refractivity contribution in [2.45, 2.75) is 57.2 Å². The van der Waals surface area contributed by atoms with Crippen LogP contribution in [0.25, 0.3) is 0 Å². The smallest absolute Gasteiger partial charge is 0.255 e. The zero-order chi connectivity index (χ0) is 21.8. The van der Waals surface area contributed by atoms with Crippen LogP contribution in [0, 0.1) is 0 Å². The second kappa shape index (κ2) is 9.41. The van der Waals surface area contributed by atoms with Gasteiger partial charge in [0.25, 0.3) is 5.91 Å². The molecular weight excluding hydrogens is 392 g/mol. The number of methoxy groups -OCH3 is 2. The average Bonchev–Trinajstić information content (AvgIpc) is 3.14. The number of nitrogens with one attached hydrogen (secondary N) is 1. The highest BCUT2D eigenvalue weighted by atomic mass is 16.5. The highest BCUT2D eigenvalue weighted by Gasteiger charge is 2.35. The minimum atomic E-state index is -0.386. The highest BCUT2D eigenvalue weighted by Crippen LogP contribution is 2.37. The van der Waals surface area contributed by atoms with Crippen molar-refractivity contribution in [2.24, 2.45) is 0 Å². The number of carbonyl (C=O) groups is 2. The molecule has 1 fully saturated rings. The quantitative estimate of drug-likeness (QED) is 0.725. The summed E-state index contributed by atoms with van der Waals surface area (Å²) in [6.07, 6.45) is 5.82. The van der Waals surface area contributed by atoms with Gasteiger partial charge in [-0.3, -0.25) is 9.59 Å². The topological polar surface area (TPSA) is 67.9 Å². The Morgan fingerprint density at radius 3 is 2.52 bits per heavy atom. The fourth-order valence-electron chi connectivity index (χ4n) is 4.71. The molecule has 1 heterocycles. The minimum absolute atomic E-state index is 0.0181. The van der Waals surface area contributed by atoms with Gasteiger partial charge in [-0.15, -0.1) is 0 Å². The molecule has 1 atom stereocenters. The van der Waals surface area contributed by atoms with Gasteiger partial charge >= 0.3 is 0 Å². The van der Waals surface area contributed by atoms with Crippen LogP contribution in [0.4, 0.5) is 0 Å². The van der Waals surface area contributed by atoms with Gasteiger partial charge in [0.2, 0.25) is 5.91 Å². The van der Waals surface area contributed by atoms with Crippen molar-refractivity contribution in [1.29, 1.82) is 0 Å². The molecule has 1 N–H and O–H groups in total. The van der Waals surface area contributed by atoms with Crippen LogP contribution < -0.4 is 14.8 Å². The lowest BCUT2D eigenvalue weighted by atomic mass is 9.95. The Morgan fingerprint density at radius 2 is 1.81 bits per heavy atom. The summed E-state index contributed by atoms with van der Waals surface area (Å²) in [7, 11) is 3.18. The SMILES string of the molecule is COc1ccc([C@H](CC(=O)NC2CCCCC2)N2Cc3ccccc3C2=O)cc1OC. The first kappa shape index (κ1) is 21.2. The van der Waals surface area contributed by atoms with E-state index in [0.29, 0.717) is 23.6 Å². The second-order valence-corrected chi connectivity index (χ2v) is 8.33. The van der Waals surface area contributed by atoms with Crippen molar-refractivity contribution in [1.82, 2.24) is 10.2 Å². The summed E-state index contributed by atoms with van der Waals surface area (Å²) >= 11 is 0. The Kier molecular flexibility index (Phi) is 6.44. The molecule has 0 aromatic heterocycles. The number of benzene rings is 2. The standard InChI is InChI=1S/C25H30N2O4/c1-30-22-13-12-17(14-23(22)31-2)21(15-24(28)26-19-9-4-3-5-10-19)27-16-18-8-6-7-11-20(18)25(27)29/h6-8,11-14,19,21H,3-5,9-10,15-16H2,1-2H3,(H,26,28)/t21-/m0/s1. The normalized spacial score (nSPS) is 17.2. The third-order valence-corrected chi connectivity index (χ3v) is 6.37. The third kappa shape index (κ3) is 4.53. The van der Waals surface area contributed by atoms with Gasteiger partial charge in [0.1, 0.15) is 0 Å². The summed E-state index contributed by atoms with van der Waals surface area (Å²) in [5.41, 5.74) is 2.56. The molecule has 0 radical (unpaired) electrons. The Labute approximate surface area is 183 Å². The minimum Gasteiger partial charge on any atom is -0.493 e. The Hall–Kier alpha value is -3.02. The van der Waals surface area contributed by atoms with Gasteiger partial charge in [-0.2, -0.15) is 0 Å². The molecule has 31 heavy (non-hydrogen) atoms. The Morgan fingerprint density at radius 1 is 1.06 bits per heavy atom. The Bertz CT molecular complexity index is 952. The van der Waals surface area contributed by atoms with E-state index in [1.165, 1.54) is 6.42 Å². The number of hydrogen-bond donors (Lipinski definition) is 1. The van der Waals surface area contributed by atoms with Crippen molar-refractivity contribution < 1.29 is 19.1 Å². The fraction of sp³-hybridized carbons (Fsp3) is 0.440. The van der Waals surface area contributed by atoms with E-state index >= 15 is 0 Å². The van der Waals surface area contributed by atoms with Crippen molar-refractivity contribution in [3.8, 4) is 11.5 Å². The molecule has 4 rings (SSSR count). The van der Waals surface area contributed by atoms with Gasteiger partial charge in [-0.1, -0.05) is 43.5 Å². The lowest BCUT2D eigenvalue weighted by Gasteiger charge is -2.30. The maximum Gasteiger partial charge on any atom is 0.255 e. The molecule has 1 saturated carbocycles. The molecule has 0 bridgehead atoms. The van der Waals surface area contributed by atoms with Crippen LogP contribution in [0.3, 0.4) is 0 Å². The van der Waals surface area contributed by atoms with Gasteiger partial charge < -0.3 is 19.7 Å². The largest absolute Gasteiger partial charge is 0.493 e. The molecule has 2 aliphatic rings. The van der Waals surface area contributed by atoms with E-state index in [4.69, 9.17) is 9.47 Å². The second-order valence-electron chi connectivity index (χ2n) is 8.33. The van der Waals surface area contributed by atoms with E-state index in [2.05, 4.69) is 5.32 Å². The summed E-state index contributed by atoms with van der Waals surface area (Å²) in [6.45, 7) is 0.491. The van der Waals surface area contributed by atoms with Crippen LogP contribution in [-0.4, -0.2) is 37.0 Å². The highest BCUT2D eigenvalue weighted by molar-refractivity contribution is 5.98. The van der Waals surface area contributed by atoms with Gasteiger partial charge in [0.15, 0.2) is 11.5 Å². The summed E-state index contributed by atoms with van der Waals surface area (Å²) in [5, 5.41) is 3.20. The van der Waals surface area contributed by atoms with Gasteiger partial charge in [-0.25, -0.2) is 0 Å². The lowest BCUT2D eigenvalue weighted by molar-refractivity contribution is -0.123. The first-order valence-corrected chi connectivity index (χ1v) is 11.0. The van der Waals surface area contributed by atoms with Crippen LogP contribution in [-0.2, 0) is 11.3 Å². The number of ether oxygens (including phenoxy) is 2. The van der Waals surface area contributed by atoms with Gasteiger partial charge in [0, 0.05) is 18.2 Å². The predicted octanol–water partition coefficient (Wildman–Crippen LogP) is 4.24. The maximum absolute atomic E-state index is 13.2. The molecule has 2 aromatic rings. The first-order valence-electron chi connectivity index (χ1n) is 11.0. The third-order valence-electron chi connectivity index (χ3n) is 6.37. The molecule has 6 nitrogen and oxygen atoms in total. The van der Waals surface area contributed by atoms with E-state index in [9.17, 15) is 9.59 Å².